The van der Waals surface area contributed by atoms with Crippen LogP contribution in [0.3, 0.4) is 0 Å². The van der Waals surface area contributed by atoms with Gasteiger partial charge in [-0.15, -0.1) is 0 Å². The highest BCUT2D eigenvalue weighted by atomic mass is 16.6. The third-order valence-electron chi connectivity index (χ3n) is 1.05. The fourth-order valence-electron chi connectivity index (χ4n) is 0.523. The molecule has 62 valence electrons. The van der Waals surface area contributed by atoms with Crippen molar-refractivity contribution in [2.24, 2.45) is 0 Å². The molecule has 10 heavy (non-hydrogen) atoms. The highest BCUT2D eigenvalue weighted by molar-refractivity contribution is 4.66. The van der Waals surface area contributed by atoms with Gasteiger partial charge in [-0.05, 0) is 6.42 Å². The summed E-state index contributed by atoms with van der Waals surface area (Å²) in [5.41, 5.74) is 0. The molecule has 1 unspecified atom stereocenters. The third-order valence-corrected chi connectivity index (χ3v) is 1.05. The lowest BCUT2D eigenvalue weighted by Crippen LogP contribution is -2.01. The molecule has 0 spiro atoms. The van der Waals surface area contributed by atoms with Gasteiger partial charge in [0.25, 0.3) is 0 Å². The first kappa shape index (κ1) is 9.92. The van der Waals surface area contributed by atoms with Crippen LogP contribution in [0.1, 0.15) is 27.2 Å². The van der Waals surface area contributed by atoms with Crippen LogP contribution in [0.25, 0.3) is 0 Å². The smallest absolute Gasteiger partial charge is 0.104 e. The van der Waals surface area contributed by atoms with Crippen molar-refractivity contribution in [3.05, 3.63) is 0 Å². The Kier molecular flexibility index (Phi) is 6.98. The minimum Gasteiger partial charge on any atom is -0.379 e. The van der Waals surface area contributed by atoms with E-state index in [-0.39, 0.29) is 0 Å². The molecule has 0 aromatic heterocycles. The Balaban J connectivity index is 0.000000371. The van der Waals surface area contributed by atoms with Crippen LogP contribution in [0, 0.1) is 0 Å². The van der Waals surface area contributed by atoms with Gasteiger partial charge in [0.2, 0.25) is 0 Å². The fourth-order valence-corrected chi connectivity index (χ4v) is 0.523. The molecular weight excluding hydrogens is 128 g/mol. The normalized spacial score (nSPS) is 21.3. The maximum absolute atomic E-state index is 5.18. The molecule has 1 rings (SSSR count). The van der Waals surface area contributed by atoms with E-state index in [1.54, 1.807) is 0 Å². The standard InChI is InChI=1S/C6H12O2.C2H6/c1-2-3-7-4-6-5-8-6;1-2/h6H,2-5H2,1H3;1-2H3. The minimum atomic E-state index is 0.432. The largest absolute Gasteiger partial charge is 0.379 e. The van der Waals surface area contributed by atoms with Gasteiger partial charge in [0.05, 0.1) is 13.2 Å². The van der Waals surface area contributed by atoms with Gasteiger partial charge in [0.15, 0.2) is 0 Å². The van der Waals surface area contributed by atoms with E-state index < -0.39 is 0 Å². The summed E-state index contributed by atoms with van der Waals surface area (Å²) in [6.45, 7) is 8.69. The Bertz CT molecular complexity index is 60.3. The third kappa shape index (κ3) is 6.05. The van der Waals surface area contributed by atoms with Gasteiger partial charge in [0.1, 0.15) is 6.10 Å². The molecule has 0 aromatic carbocycles. The second kappa shape index (κ2) is 7.03. The molecule has 0 radical (unpaired) electrons. The van der Waals surface area contributed by atoms with Crippen molar-refractivity contribution in [1.29, 1.82) is 0 Å². The van der Waals surface area contributed by atoms with E-state index >= 15 is 0 Å². The molecule has 0 amide bonds. The molecule has 1 atom stereocenters. The molecule has 1 saturated heterocycles. The zero-order valence-corrected chi connectivity index (χ0v) is 7.22. The van der Waals surface area contributed by atoms with Crippen molar-refractivity contribution in [1.82, 2.24) is 0 Å². The maximum atomic E-state index is 5.18. The molecule has 1 heterocycles. The van der Waals surface area contributed by atoms with Crippen LogP contribution in [-0.4, -0.2) is 25.9 Å². The van der Waals surface area contributed by atoms with Crippen molar-refractivity contribution in [3.8, 4) is 0 Å². The van der Waals surface area contributed by atoms with Gasteiger partial charge in [0, 0.05) is 6.61 Å². The predicted octanol–water partition coefficient (Wildman–Crippen LogP) is 1.84. The lowest BCUT2D eigenvalue weighted by Gasteiger charge is -1.95. The number of hydrogen-bond donors (Lipinski definition) is 0. The van der Waals surface area contributed by atoms with Crippen molar-refractivity contribution >= 4 is 0 Å². The first-order valence-electron chi connectivity index (χ1n) is 4.13. The zero-order chi connectivity index (χ0) is 7.82. The number of hydrogen-bond acceptors (Lipinski definition) is 2. The van der Waals surface area contributed by atoms with E-state index in [9.17, 15) is 0 Å². The summed E-state index contributed by atoms with van der Waals surface area (Å²) in [5.74, 6) is 0. The Morgan fingerprint density at radius 3 is 2.50 bits per heavy atom. The Morgan fingerprint density at radius 1 is 1.50 bits per heavy atom. The summed E-state index contributed by atoms with van der Waals surface area (Å²) >= 11 is 0. The average Bonchev–Trinajstić information content (AvgIpc) is 2.77. The first-order valence-corrected chi connectivity index (χ1v) is 4.13. The molecule has 0 aliphatic carbocycles. The molecular formula is C8H18O2. The fraction of sp³-hybridized carbons (Fsp3) is 1.00. The monoisotopic (exact) mass is 146 g/mol. The number of rotatable bonds is 4. The lowest BCUT2D eigenvalue weighted by atomic mass is 10.5. The molecule has 0 bridgehead atoms. The van der Waals surface area contributed by atoms with E-state index in [1.807, 2.05) is 13.8 Å². The molecule has 0 saturated carbocycles. The summed E-state index contributed by atoms with van der Waals surface area (Å²) in [7, 11) is 0. The van der Waals surface area contributed by atoms with E-state index in [0.29, 0.717) is 6.10 Å². The first-order chi connectivity index (χ1) is 4.93. The summed E-state index contributed by atoms with van der Waals surface area (Å²) in [5, 5.41) is 0. The van der Waals surface area contributed by atoms with Crippen molar-refractivity contribution < 1.29 is 9.47 Å². The van der Waals surface area contributed by atoms with Crippen LogP contribution in [0.4, 0.5) is 0 Å². The Morgan fingerprint density at radius 2 is 2.10 bits per heavy atom. The van der Waals surface area contributed by atoms with Crippen LogP contribution in [0.2, 0.25) is 0 Å². The van der Waals surface area contributed by atoms with Gasteiger partial charge in [-0.1, -0.05) is 20.8 Å². The van der Waals surface area contributed by atoms with E-state index in [2.05, 4.69) is 6.92 Å². The van der Waals surface area contributed by atoms with Gasteiger partial charge < -0.3 is 9.47 Å². The summed E-state index contributed by atoms with van der Waals surface area (Å²) in [4.78, 5) is 0. The molecule has 1 aliphatic rings. The van der Waals surface area contributed by atoms with Crippen LogP contribution in [-0.2, 0) is 9.47 Å². The maximum Gasteiger partial charge on any atom is 0.104 e. The van der Waals surface area contributed by atoms with Crippen LogP contribution < -0.4 is 0 Å². The predicted molar refractivity (Wildman–Crippen MR) is 42.2 cm³/mol. The van der Waals surface area contributed by atoms with Gasteiger partial charge in [-0.3, -0.25) is 0 Å². The molecule has 2 heteroatoms. The summed E-state index contributed by atoms with van der Waals surface area (Å²) in [6.07, 6.45) is 1.54. The van der Waals surface area contributed by atoms with Gasteiger partial charge in [-0.25, -0.2) is 0 Å². The molecule has 2 nitrogen and oxygen atoms in total. The number of ether oxygens (including phenoxy) is 2. The zero-order valence-electron chi connectivity index (χ0n) is 7.22. The van der Waals surface area contributed by atoms with E-state index in [0.717, 1.165) is 26.2 Å². The quantitative estimate of drug-likeness (QED) is 0.446. The highest BCUT2D eigenvalue weighted by Gasteiger charge is 2.21. The van der Waals surface area contributed by atoms with Crippen molar-refractivity contribution in [3.63, 3.8) is 0 Å². The average molecular weight is 146 g/mol. The summed E-state index contributed by atoms with van der Waals surface area (Å²) < 4.78 is 10.1. The SMILES string of the molecule is CC.CCCOCC1CO1. The van der Waals surface area contributed by atoms with Gasteiger partial charge >= 0.3 is 0 Å². The molecule has 0 N–H and O–H groups in total. The van der Waals surface area contributed by atoms with Crippen LogP contribution in [0.5, 0.6) is 0 Å². The Labute approximate surface area is 63.5 Å². The Hall–Kier alpha value is -0.0800. The molecule has 1 aliphatic heterocycles. The minimum absolute atomic E-state index is 0.432. The van der Waals surface area contributed by atoms with E-state index in [4.69, 9.17) is 9.47 Å². The second-order valence-electron chi connectivity index (χ2n) is 2.03. The van der Waals surface area contributed by atoms with Crippen LogP contribution >= 0.6 is 0 Å². The topological polar surface area (TPSA) is 21.8 Å². The second-order valence-corrected chi connectivity index (χ2v) is 2.03. The molecule has 1 fully saturated rings. The molecule has 0 aromatic rings. The van der Waals surface area contributed by atoms with Crippen LogP contribution in [0.15, 0.2) is 0 Å². The van der Waals surface area contributed by atoms with Crippen molar-refractivity contribution in [2.75, 3.05) is 19.8 Å². The van der Waals surface area contributed by atoms with Gasteiger partial charge in [-0.2, -0.15) is 0 Å². The highest BCUT2D eigenvalue weighted by Crippen LogP contribution is 2.08. The number of epoxide rings is 1. The summed E-state index contributed by atoms with van der Waals surface area (Å²) in [6, 6.07) is 0. The van der Waals surface area contributed by atoms with Crippen molar-refractivity contribution in [2.45, 2.75) is 33.3 Å². The van der Waals surface area contributed by atoms with E-state index in [1.165, 1.54) is 0 Å². The lowest BCUT2D eigenvalue weighted by molar-refractivity contribution is 0.117.